The normalized spacial score (nSPS) is 14.5. The first-order chi connectivity index (χ1) is 5.89. The molecule has 1 N–H and O–H groups in total. The Balaban J connectivity index is 2.60. The topological polar surface area (TPSA) is 38.0 Å². The number of nitrogens with zero attached hydrogens (tertiary/aromatic N) is 2. The van der Waals surface area contributed by atoms with E-state index in [-0.39, 0.29) is 0 Å². The zero-order valence-electron chi connectivity index (χ0n) is 6.91. The van der Waals surface area contributed by atoms with E-state index in [0.717, 1.165) is 0 Å². The molecule has 0 unspecified atom stereocenters. The molecule has 0 aliphatic heterocycles. The van der Waals surface area contributed by atoms with Gasteiger partial charge in [0.1, 0.15) is 0 Å². The highest BCUT2D eigenvalue weighted by Gasteiger charge is 2.38. The summed E-state index contributed by atoms with van der Waals surface area (Å²) in [6, 6.07) is 0. The van der Waals surface area contributed by atoms with Crippen molar-refractivity contribution >= 4 is 0 Å². The van der Waals surface area contributed by atoms with Crippen LogP contribution >= 0.6 is 0 Å². The van der Waals surface area contributed by atoms with E-state index >= 15 is 0 Å². The van der Waals surface area contributed by atoms with Gasteiger partial charge in [-0.3, -0.25) is 4.68 Å². The molecule has 0 fully saturated rings. The number of halogens is 3. The van der Waals surface area contributed by atoms with Gasteiger partial charge in [0.2, 0.25) is 0 Å². The Morgan fingerprint density at radius 3 is 2.62 bits per heavy atom. The van der Waals surface area contributed by atoms with Crippen molar-refractivity contribution < 1.29 is 18.3 Å². The molecule has 0 bridgehead atoms. The second-order valence-corrected chi connectivity index (χ2v) is 2.78. The molecule has 1 heterocycles. The predicted molar refractivity (Wildman–Crippen MR) is 39.0 cm³/mol. The Hall–Kier alpha value is -1.04. The van der Waals surface area contributed by atoms with E-state index in [2.05, 4.69) is 5.10 Å². The molecule has 0 saturated carbocycles. The summed E-state index contributed by atoms with van der Waals surface area (Å²) in [4.78, 5) is 0. The fraction of sp³-hybridized carbons (Fsp3) is 0.571. The van der Waals surface area contributed by atoms with Gasteiger partial charge in [-0.25, -0.2) is 0 Å². The number of aliphatic hydroxyl groups is 1. The average molecular weight is 194 g/mol. The van der Waals surface area contributed by atoms with Crippen molar-refractivity contribution in [3.63, 3.8) is 0 Å². The molecule has 1 aromatic rings. The monoisotopic (exact) mass is 194 g/mol. The predicted octanol–water partition coefficient (Wildman–Crippen LogP) is 0.886. The number of alkyl halides is 3. The Morgan fingerprint density at radius 2 is 2.23 bits per heavy atom. The van der Waals surface area contributed by atoms with Gasteiger partial charge in [0.15, 0.2) is 6.10 Å². The fourth-order valence-electron chi connectivity index (χ4n) is 0.916. The van der Waals surface area contributed by atoms with Crippen LogP contribution in [0.5, 0.6) is 0 Å². The lowest BCUT2D eigenvalue weighted by molar-refractivity contribution is -0.203. The number of aliphatic hydroxyl groups excluding tert-OH is 1. The van der Waals surface area contributed by atoms with Crippen LogP contribution < -0.4 is 0 Å². The highest BCUT2D eigenvalue weighted by Crippen LogP contribution is 2.22. The standard InChI is InChI=1S/C7H9F3N2O/c1-12-4-5(3-11-12)2-6(13)7(8,9)10/h3-4,6,13H,2H2,1H3/t6-/m1/s1. The number of rotatable bonds is 2. The van der Waals surface area contributed by atoms with Crippen LogP contribution in [0.1, 0.15) is 5.56 Å². The van der Waals surface area contributed by atoms with E-state index in [1.54, 1.807) is 7.05 Å². The van der Waals surface area contributed by atoms with E-state index in [0.29, 0.717) is 5.56 Å². The highest BCUT2D eigenvalue weighted by molar-refractivity contribution is 5.05. The molecule has 0 aliphatic carbocycles. The van der Waals surface area contributed by atoms with E-state index in [1.165, 1.54) is 17.1 Å². The molecule has 1 rings (SSSR count). The van der Waals surface area contributed by atoms with E-state index in [4.69, 9.17) is 5.11 Å². The molecule has 0 radical (unpaired) electrons. The molecule has 1 atom stereocenters. The first kappa shape index (κ1) is 10.0. The van der Waals surface area contributed by atoms with Crippen molar-refractivity contribution in [2.24, 2.45) is 7.05 Å². The molecule has 3 nitrogen and oxygen atoms in total. The fourth-order valence-corrected chi connectivity index (χ4v) is 0.916. The Kier molecular flexibility index (Phi) is 2.60. The van der Waals surface area contributed by atoms with Crippen LogP contribution in [-0.2, 0) is 13.5 Å². The minimum absolute atomic E-state index is 0.368. The molecule has 0 aliphatic rings. The zero-order valence-corrected chi connectivity index (χ0v) is 6.91. The second-order valence-electron chi connectivity index (χ2n) is 2.78. The largest absolute Gasteiger partial charge is 0.414 e. The van der Waals surface area contributed by atoms with E-state index < -0.39 is 18.7 Å². The SMILES string of the molecule is Cn1cc(C[C@@H](O)C(F)(F)F)cn1. The van der Waals surface area contributed by atoms with Crippen molar-refractivity contribution in [2.45, 2.75) is 18.7 Å². The van der Waals surface area contributed by atoms with Crippen LogP contribution in [0.4, 0.5) is 13.2 Å². The van der Waals surface area contributed by atoms with Gasteiger partial charge < -0.3 is 5.11 Å². The maximum atomic E-state index is 11.9. The lowest BCUT2D eigenvalue weighted by Crippen LogP contribution is -2.30. The Morgan fingerprint density at radius 1 is 1.62 bits per heavy atom. The lowest BCUT2D eigenvalue weighted by Gasteiger charge is -2.12. The van der Waals surface area contributed by atoms with Crippen molar-refractivity contribution in [1.29, 1.82) is 0 Å². The molecule has 0 saturated heterocycles. The van der Waals surface area contributed by atoms with Crippen LogP contribution in [0.15, 0.2) is 12.4 Å². The number of hydrogen-bond donors (Lipinski definition) is 1. The first-order valence-corrected chi connectivity index (χ1v) is 3.62. The van der Waals surface area contributed by atoms with Gasteiger partial charge >= 0.3 is 6.18 Å². The van der Waals surface area contributed by atoms with Gasteiger partial charge in [0.25, 0.3) is 0 Å². The molecule has 6 heteroatoms. The quantitative estimate of drug-likeness (QED) is 0.759. The molecule has 0 spiro atoms. The summed E-state index contributed by atoms with van der Waals surface area (Å²) in [5.41, 5.74) is 0.368. The van der Waals surface area contributed by atoms with Gasteiger partial charge in [-0.15, -0.1) is 0 Å². The third kappa shape index (κ3) is 2.73. The van der Waals surface area contributed by atoms with Gasteiger partial charge in [0, 0.05) is 19.7 Å². The van der Waals surface area contributed by atoms with Crippen molar-refractivity contribution in [1.82, 2.24) is 9.78 Å². The zero-order chi connectivity index (χ0) is 10.1. The number of aromatic nitrogens is 2. The summed E-state index contributed by atoms with van der Waals surface area (Å²) in [5.74, 6) is 0. The smallest absolute Gasteiger partial charge is 0.383 e. The summed E-state index contributed by atoms with van der Waals surface area (Å²) in [6.07, 6.45) is -4.58. The maximum Gasteiger partial charge on any atom is 0.414 e. The summed E-state index contributed by atoms with van der Waals surface area (Å²) in [6.45, 7) is 0. The summed E-state index contributed by atoms with van der Waals surface area (Å²) < 4.78 is 37.0. The second kappa shape index (κ2) is 3.37. The summed E-state index contributed by atoms with van der Waals surface area (Å²) in [5, 5.41) is 12.4. The van der Waals surface area contributed by atoms with Gasteiger partial charge in [0.05, 0.1) is 6.20 Å². The first-order valence-electron chi connectivity index (χ1n) is 3.62. The van der Waals surface area contributed by atoms with Gasteiger partial charge in [-0.05, 0) is 5.56 Å². The average Bonchev–Trinajstić information content (AvgIpc) is 2.33. The molecule has 0 amide bonds. The molecule has 74 valence electrons. The van der Waals surface area contributed by atoms with Gasteiger partial charge in [-0.1, -0.05) is 0 Å². The van der Waals surface area contributed by atoms with Gasteiger partial charge in [-0.2, -0.15) is 18.3 Å². The van der Waals surface area contributed by atoms with Crippen molar-refractivity contribution in [2.75, 3.05) is 0 Å². The van der Waals surface area contributed by atoms with Crippen molar-refractivity contribution in [3.8, 4) is 0 Å². The Bertz CT molecular complexity index is 282. The van der Waals surface area contributed by atoms with Crippen LogP contribution in [0, 0.1) is 0 Å². The molecule has 1 aromatic heterocycles. The van der Waals surface area contributed by atoms with E-state index in [9.17, 15) is 13.2 Å². The summed E-state index contributed by atoms with van der Waals surface area (Å²) >= 11 is 0. The lowest BCUT2D eigenvalue weighted by atomic mass is 10.1. The van der Waals surface area contributed by atoms with Crippen LogP contribution in [-0.4, -0.2) is 27.2 Å². The van der Waals surface area contributed by atoms with Crippen molar-refractivity contribution in [3.05, 3.63) is 18.0 Å². The molecular formula is C7H9F3N2O. The number of hydrogen-bond acceptors (Lipinski definition) is 2. The maximum absolute atomic E-state index is 11.9. The molecular weight excluding hydrogens is 185 g/mol. The molecule has 0 aromatic carbocycles. The number of aryl methyl sites for hydroxylation is 1. The van der Waals surface area contributed by atoms with Crippen LogP contribution in [0.2, 0.25) is 0 Å². The Labute approximate surface area is 72.8 Å². The van der Waals surface area contributed by atoms with Crippen LogP contribution in [0.3, 0.4) is 0 Å². The summed E-state index contributed by atoms with van der Waals surface area (Å²) in [7, 11) is 1.60. The third-order valence-corrected chi connectivity index (χ3v) is 1.57. The minimum atomic E-state index is -4.56. The molecule has 13 heavy (non-hydrogen) atoms. The minimum Gasteiger partial charge on any atom is -0.383 e. The highest BCUT2D eigenvalue weighted by atomic mass is 19.4. The van der Waals surface area contributed by atoms with E-state index in [1.807, 2.05) is 0 Å². The van der Waals surface area contributed by atoms with Crippen LogP contribution in [0.25, 0.3) is 0 Å². The third-order valence-electron chi connectivity index (χ3n) is 1.57.